The summed E-state index contributed by atoms with van der Waals surface area (Å²) in [6.07, 6.45) is -4.28. The molecule has 1 aliphatic heterocycles. The number of hydrogen-bond acceptors (Lipinski definition) is 3. The summed E-state index contributed by atoms with van der Waals surface area (Å²) < 4.78 is 50.9. The van der Waals surface area contributed by atoms with Gasteiger partial charge in [-0.1, -0.05) is 12.1 Å². The molecule has 0 saturated carbocycles. The van der Waals surface area contributed by atoms with Crippen LogP contribution in [0.2, 0.25) is 0 Å². The molecular formula is C12H10F4N2O2. The predicted octanol–water partition coefficient (Wildman–Crippen LogP) is 1.78. The van der Waals surface area contributed by atoms with E-state index in [-0.39, 0.29) is 5.56 Å². The third-order valence-corrected chi connectivity index (χ3v) is 2.81. The second-order valence-corrected chi connectivity index (χ2v) is 4.26. The van der Waals surface area contributed by atoms with E-state index in [1.807, 2.05) is 5.43 Å². The van der Waals surface area contributed by atoms with Crippen molar-refractivity contribution in [3.8, 4) is 0 Å². The minimum Gasteiger partial charge on any atom is -0.362 e. The molecule has 1 heterocycles. The van der Waals surface area contributed by atoms with Crippen LogP contribution in [0.3, 0.4) is 0 Å². The molecule has 1 atom stereocenters. The second-order valence-electron chi connectivity index (χ2n) is 4.26. The summed E-state index contributed by atoms with van der Waals surface area (Å²) in [4.78, 5) is 11.4. The zero-order valence-electron chi connectivity index (χ0n) is 10.2. The van der Waals surface area contributed by atoms with E-state index in [1.54, 1.807) is 0 Å². The molecule has 4 nitrogen and oxygen atoms in total. The number of rotatable bonds is 1. The van der Waals surface area contributed by atoms with Crippen LogP contribution in [-0.2, 0) is 10.5 Å². The lowest BCUT2D eigenvalue weighted by Gasteiger charge is -2.32. The largest absolute Gasteiger partial charge is 0.432 e. The summed E-state index contributed by atoms with van der Waals surface area (Å²) in [6, 6.07) is 4.15. The standard InChI is InChI=1S/C12H10F4N2O2/c1-7(19)18-11(20,6-10(17-18)12(14,15)16)8-2-4-9(13)5-3-8/h2-6,17,20H,1H3. The molecule has 1 unspecified atom stereocenters. The SMILES string of the molecule is CC(=O)N1NC(C(F)(F)F)=CC1(O)c1ccc(F)cc1. The minimum atomic E-state index is -4.75. The molecule has 108 valence electrons. The number of halogens is 4. The van der Waals surface area contributed by atoms with Crippen molar-refractivity contribution < 1.29 is 27.5 Å². The van der Waals surface area contributed by atoms with Crippen LogP contribution in [0.4, 0.5) is 17.6 Å². The van der Waals surface area contributed by atoms with Crippen molar-refractivity contribution in [2.75, 3.05) is 0 Å². The number of nitrogens with zero attached hydrogens (tertiary/aromatic N) is 1. The highest BCUT2D eigenvalue weighted by Crippen LogP contribution is 2.37. The molecule has 20 heavy (non-hydrogen) atoms. The van der Waals surface area contributed by atoms with Gasteiger partial charge in [0.05, 0.1) is 0 Å². The van der Waals surface area contributed by atoms with Crippen LogP contribution in [-0.4, -0.2) is 22.2 Å². The average Bonchev–Trinajstić information content (AvgIpc) is 2.69. The van der Waals surface area contributed by atoms with Gasteiger partial charge in [-0.25, -0.2) is 9.40 Å². The maximum atomic E-state index is 12.8. The Hall–Kier alpha value is -2.09. The van der Waals surface area contributed by atoms with Crippen LogP contribution in [0.15, 0.2) is 36.0 Å². The van der Waals surface area contributed by atoms with Crippen LogP contribution in [0, 0.1) is 5.82 Å². The molecule has 1 amide bonds. The van der Waals surface area contributed by atoms with Gasteiger partial charge in [0.1, 0.15) is 11.5 Å². The van der Waals surface area contributed by atoms with E-state index in [1.165, 1.54) is 0 Å². The average molecular weight is 290 g/mol. The normalized spacial score (nSPS) is 22.5. The van der Waals surface area contributed by atoms with Gasteiger partial charge in [-0.05, 0) is 12.1 Å². The first-order valence-corrected chi connectivity index (χ1v) is 5.50. The first-order chi connectivity index (χ1) is 9.14. The van der Waals surface area contributed by atoms with Crippen molar-refractivity contribution in [1.82, 2.24) is 10.4 Å². The monoisotopic (exact) mass is 290 g/mol. The number of hydrogen-bond donors (Lipinski definition) is 2. The molecule has 1 aliphatic rings. The first-order valence-electron chi connectivity index (χ1n) is 5.50. The van der Waals surface area contributed by atoms with Crippen molar-refractivity contribution in [3.05, 3.63) is 47.4 Å². The Morgan fingerprint density at radius 3 is 2.30 bits per heavy atom. The zero-order chi connectivity index (χ0) is 15.1. The van der Waals surface area contributed by atoms with Crippen LogP contribution >= 0.6 is 0 Å². The zero-order valence-corrected chi connectivity index (χ0v) is 10.2. The van der Waals surface area contributed by atoms with E-state index in [4.69, 9.17) is 0 Å². The molecule has 2 N–H and O–H groups in total. The molecular weight excluding hydrogens is 280 g/mol. The fourth-order valence-electron chi connectivity index (χ4n) is 1.88. The highest BCUT2D eigenvalue weighted by molar-refractivity contribution is 5.75. The van der Waals surface area contributed by atoms with E-state index in [9.17, 15) is 27.5 Å². The van der Waals surface area contributed by atoms with Crippen LogP contribution in [0.5, 0.6) is 0 Å². The Morgan fingerprint density at radius 2 is 1.85 bits per heavy atom. The van der Waals surface area contributed by atoms with Crippen molar-refractivity contribution >= 4 is 5.91 Å². The number of aliphatic hydroxyl groups is 1. The Morgan fingerprint density at radius 1 is 1.30 bits per heavy atom. The van der Waals surface area contributed by atoms with Crippen molar-refractivity contribution in [1.29, 1.82) is 0 Å². The Kier molecular flexibility index (Phi) is 3.21. The molecule has 0 aromatic heterocycles. The lowest BCUT2D eigenvalue weighted by molar-refractivity contribution is -0.155. The van der Waals surface area contributed by atoms with Crippen molar-refractivity contribution in [2.45, 2.75) is 18.8 Å². The van der Waals surface area contributed by atoms with Gasteiger partial charge < -0.3 is 5.11 Å². The molecule has 1 aromatic rings. The Balaban J connectivity index is 2.51. The summed E-state index contributed by atoms with van der Waals surface area (Å²) >= 11 is 0. The van der Waals surface area contributed by atoms with Crippen molar-refractivity contribution in [3.63, 3.8) is 0 Å². The molecule has 0 saturated heterocycles. The van der Waals surface area contributed by atoms with Gasteiger partial charge in [-0.3, -0.25) is 10.2 Å². The highest BCUT2D eigenvalue weighted by Gasteiger charge is 2.49. The lowest BCUT2D eigenvalue weighted by Crippen LogP contribution is -2.50. The number of allylic oxidation sites excluding steroid dienone is 1. The smallest absolute Gasteiger partial charge is 0.362 e. The Labute approximate surface area is 111 Å². The van der Waals surface area contributed by atoms with Gasteiger partial charge in [0.25, 0.3) is 0 Å². The maximum absolute atomic E-state index is 12.8. The molecule has 2 rings (SSSR count). The van der Waals surface area contributed by atoms with Crippen LogP contribution < -0.4 is 5.43 Å². The Bertz CT molecular complexity index is 568. The third-order valence-electron chi connectivity index (χ3n) is 2.81. The third kappa shape index (κ3) is 2.34. The minimum absolute atomic E-state index is 0.0687. The molecule has 0 fully saturated rings. The highest BCUT2D eigenvalue weighted by atomic mass is 19.4. The summed E-state index contributed by atoms with van der Waals surface area (Å²) in [5.41, 5.74) is -1.85. The number of carbonyl (C=O) groups is 1. The molecule has 0 bridgehead atoms. The van der Waals surface area contributed by atoms with E-state index in [0.717, 1.165) is 31.2 Å². The van der Waals surface area contributed by atoms with E-state index in [0.29, 0.717) is 11.1 Å². The molecule has 1 aromatic carbocycles. The maximum Gasteiger partial charge on any atom is 0.432 e. The fraction of sp³-hybridized carbons (Fsp3) is 0.250. The number of carbonyl (C=O) groups excluding carboxylic acids is 1. The van der Waals surface area contributed by atoms with Gasteiger partial charge in [0.15, 0.2) is 0 Å². The van der Waals surface area contributed by atoms with Crippen LogP contribution in [0.1, 0.15) is 12.5 Å². The van der Waals surface area contributed by atoms with Gasteiger partial charge >= 0.3 is 6.18 Å². The summed E-state index contributed by atoms with van der Waals surface area (Å²) in [5.74, 6) is -1.44. The topological polar surface area (TPSA) is 52.6 Å². The van der Waals surface area contributed by atoms with E-state index in [2.05, 4.69) is 0 Å². The van der Waals surface area contributed by atoms with E-state index >= 15 is 0 Å². The quantitative estimate of drug-likeness (QED) is 0.775. The number of nitrogens with one attached hydrogen (secondary N) is 1. The number of benzene rings is 1. The van der Waals surface area contributed by atoms with Gasteiger partial charge in [-0.15, -0.1) is 0 Å². The van der Waals surface area contributed by atoms with Gasteiger partial charge in [0.2, 0.25) is 11.6 Å². The lowest BCUT2D eigenvalue weighted by atomic mass is 10.0. The van der Waals surface area contributed by atoms with Gasteiger partial charge in [0, 0.05) is 18.6 Å². The molecule has 0 aliphatic carbocycles. The van der Waals surface area contributed by atoms with E-state index < -0.39 is 29.3 Å². The summed E-state index contributed by atoms with van der Waals surface area (Å²) in [7, 11) is 0. The van der Waals surface area contributed by atoms with Crippen LogP contribution in [0.25, 0.3) is 0 Å². The number of alkyl halides is 3. The first kappa shape index (κ1) is 14.3. The second kappa shape index (κ2) is 4.48. The van der Waals surface area contributed by atoms with Gasteiger partial charge in [-0.2, -0.15) is 13.2 Å². The molecule has 0 radical (unpaired) electrons. The van der Waals surface area contributed by atoms with Crippen molar-refractivity contribution in [2.24, 2.45) is 0 Å². The summed E-state index contributed by atoms with van der Waals surface area (Å²) in [5, 5.41) is 10.8. The molecule has 8 heteroatoms. The number of hydrazine groups is 1. The molecule has 0 spiro atoms. The number of amides is 1. The summed E-state index contributed by atoms with van der Waals surface area (Å²) in [6.45, 7) is 0.995. The predicted molar refractivity (Wildman–Crippen MR) is 60.1 cm³/mol. The fourth-order valence-corrected chi connectivity index (χ4v) is 1.88.